The molecule has 0 aromatic heterocycles. The Morgan fingerprint density at radius 3 is 2.32 bits per heavy atom. The molecule has 0 radical (unpaired) electrons. The summed E-state index contributed by atoms with van der Waals surface area (Å²) in [6.45, 7) is 6.10. The summed E-state index contributed by atoms with van der Waals surface area (Å²) in [4.78, 5) is 2.19. The molecule has 132 valence electrons. The topological polar surface area (TPSA) is 27.6 Å². The molecule has 2 rings (SSSR count). The maximum Gasteiger partial charge on any atom is 0.136 e. The third kappa shape index (κ3) is 6.45. The van der Waals surface area contributed by atoms with Crippen LogP contribution in [-0.2, 0) is 0 Å². The number of rotatable bonds is 7. The first kappa shape index (κ1) is 19.9. The van der Waals surface area contributed by atoms with Crippen molar-refractivity contribution in [3.8, 4) is 0 Å². The molecule has 0 amide bonds. The molecule has 1 N–H and O–H groups in total. The number of benzene rings is 2. The van der Waals surface area contributed by atoms with Gasteiger partial charge in [-0.05, 0) is 43.7 Å². The number of halogens is 1. The first-order valence-corrected chi connectivity index (χ1v) is 10.4. The van der Waals surface area contributed by atoms with Gasteiger partial charge >= 0.3 is 0 Å². The molecule has 6 heteroatoms. The van der Waals surface area contributed by atoms with Crippen molar-refractivity contribution in [2.24, 2.45) is 5.10 Å². The average molecular weight is 436 g/mol. The van der Waals surface area contributed by atoms with E-state index >= 15 is 0 Å². The summed E-state index contributed by atoms with van der Waals surface area (Å²) in [5.74, 6) is 0.725. The number of anilines is 1. The highest BCUT2D eigenvalue weighted by molar-refractivity contribution is 9.10. The maximum atomic E-state index is 5.54. The Bertz CT molecular complexity index is 698. The average Bonchev–Trinajstić information content (AvgIpc) is 2.65. The van der Waals surface area contributed by atoms with E-state index in [0.29, 0.717) is 0 Å². The Morgan fingerprint density at radius 2 is 1.72 bits per heavy atom. The highest BCUT2D eigenvalue weighted by atomic mass is 79.9. The molecule has 2 aromatic rings. The van der Waals surface area contributed by atoms with Crippen molar-refractivity contribution in [1.29, 1.82) is 0 Å². The van der Waals surface area contributed by atoms with E-state index in [1.807, 2.05) is 42.5 Å². The van der Waals surface area contributed by atoms with Gasteiger partial charge < -0.3 is 4.90 Å². The fourth-order valence-electron chi connectivity index (χ4n) is 2.17. The summed E-state index contributed by atoms with van der Waals surface area (Å²) in [5, 5.41) is 4.63. The standard InChI is InChI=1S/C19H22BrN3S2/c1-3-23(4-2)19(24)25-14-18(15-8-6-5-7-9-15)22-21-17-12-10-16(20)11-13-17/h5-13,21H,3-4,14H2,1-2H3/b22-18-. The molecule has 0 fully saturated rings. The van der Waals surface area contributed by atoms with E-state index < -0.39 is 0 Å². The van der Waals surface area contributed by atoms with Gasteiger partial charge in [-0.1, -0.05) is 70.2 Å². The fraction of sp³-hybridized carbons (Fsp3) is 0.263. The smallest absolute Gasteiger partial charge is 0.136 e. The predicted octanol–water partition coefficient (Wildman–Crippen LogP) is 5.63. The molecule has 0 unspecified atom stereocenters. The summed E-state index contributed by atoms with van der Waals surface area (Å²) < 4.78 is 1.96. The van der Waals surface area contributed by atoms with Gasteiger partial charge in [-0.25, -0.2) is 0 Å². The summed E-state index contributed by atoms with van der Waals surface area (Å²) in [5.41, 5.74) is 6.17. The molecule has 0 aliphatic rings. The summed E-state index contributed by atoms with van der Waals surface area (Å²) in [6.07, 6.45) is 0. The Balaban J connectivity index is 2.12. The highest BCUT2D eigenvalue weighted by Crippen LogP contribution is 2.16. The second-order valence-corrected chi connectivity index (χ2v) is 7.79. The van der Waals surface area contributed by atoms with Gasteiger partial charge in [0.2, 0.25) is 0 Å². The van der Waals surface area contributed by atoms with Gasteiger partial charge in [-0.2, -0.15) is 5.10 Å². The fourth-order valence-corrected chi connectivity index (χ4v) is 3.80. The Kier molecular flexibility index (Phi) is 8.44. The van der Waals surface area contributed by atoms with Crippen molar-refractivity contribution in [3.63, 3.8) is 0 Å². The zero-order valence-corrected chi connectivity index (χ0v) is 17.6. The van der Waals surface area contributed by atoms with Crippen LogP contribution in [0.3, 0.4) is 0 Å². The minimum atomic E-state index is 0.725. The minimum Gasteiger partial charge on any atom is -0.358 e. The Morgan fingerprint density at radius 1 is 1.08 bits per heavy atom. The number of nitrogens with one attached hydrogen (secondary N) is 1. The third-order valence-corrected chi connectivity index (χ3v) is 5.69. The van der Waals surface area contributed by atoms with E-state index in [2.05, 4.69) is 57.3 Å². The lowest BCUT2D eigenvalue weighted by atomic mass is 10.1. The monoisotopic (exact) mass is 435 g/mol. The van der Waals surface area contributed by atoms with Gasteiger partial charge in [0.05, 0.1) is 11.4 Å². The van der Waals surface area contributed by atoms with Crippen LogP contribution in [-0.4, -0.2) is 33.8 Å². The molecule has 25 heavy (non-hydrogen) atoms. The summed E-state index contributed by atoms with van der Waals surface area (Å²) in [6, 6.07) is 18.2. The van der Waals surface area contributed by atoms with E-state index in [-0.39, 0.29) is 0 Å². The van der Waals surface area contributed by atoms with Crippen molar-refractivity contribution >= 4 is 55.6 Å². The molecule has 2 aromatic carbocycles. The zero-order valence-electron chi connectivity index (χ0n) is 14.4. The van der Waals surface area contributed by atoms with E-state index in [4.69, 9.17) is 12.2 Å². The van der Waals surface area contributed by atoms with Crippen molar-refractivity contribution < 1.29 is 0 Å². The van der Waals surface area contributed by atoms with Crippen LogP contribution < -0.4 is 5.43 Å². The van der Waals surface area contributed by atoms with Crippen LogP contribution in [0.15, 0.2) is 64.2 Å². The molecule has 0 bridgehead atoms. The molecular formula is C19H22BrN3S2. The second kappa shape index (κ2) is 10.6. The first-order valence-electron chi connectivity index (χ1n) is 8.19. The van der Waals surface area contributed by atoms with Crippen molar-refractivity contribution in [2.75, 3.05) is 24.3 Å². The SMILES string of the molecule is CCN(CC)C(=S)SC/C(=N/Nc1ccc(Br)cc1)c1ccccc1. The molecule has 0 atom stereocenters. The van der Waals surface area contributed by atoms with Gasteiger partial charge in [0.25, 0.3) is 0 Å². The van der Waals surface area contributed by atoms with Gasteiger partial charge in [-0.15, -0.1) is 0 Å². The van der Waals surface area contributed by atoms with Crippen molar-refractivity contribution in [3.05, 3.63) is 64.6 Å². The van der Waals surface area contributed by atoms with Crippen LogP contribution in [0.2, 0.25) is 0 Å². The molecular weight excluding hydrogens is 414 g/mol. The lowest BCUT2D eigenvalue weighted by Crippen LogP contribution is -2.27. The predicted molar refractivity (Wildman–Crippen MR) is 119 cm³/mol. The van der Waals surface area contributed by atoms with Crippen LogP contribution >= 0.6 is 39.9 Å². The van der Waals surface area contributed by atoms with Crippen LogP contribution in [0.5, 0.6) is 0 Å². The van der Waals surface area contributed by atoms with E-state index in [9.17, 15) is 0 Å². The second-order valence-electron chi connectivity index (χ2n) is 5.27. The molecule has 0 saturated carbocycles. The van der Waals surface area contributed by atoms with E-state index in [1.54, 1.807) is 11.8 Å². The third-order valence-electron chi connectivity index (χ3n) is 3.63. The number of hydrogen-bond acceptors (Lipinski definition) is 4. The quantitative estimate of drug-likeness (QED) is 0.346. The summed E-state index contributed by atoms with van der Waals surface area (Å²) >= 11 is 10.6. The highest BCUT2D eigenvalue weighted by Gasteiger charge is 2.10. The van der Waals surface area contributed by atoms with E-state index in [1.165, 1.54) is 0 Å². The first-order chi connectivity index (χ1) is 12.1. The molecule has 3 nitrogen and oxygen atoms in total. The lowest BCUT2D eigenvalue weighted by molar-refractivity contribution is 0.482. The lowest BCUT2D eigenvalue weighted by Gasteiger charge is -2.21. The summed E-state index contributed by atoms with van der Waals surface area (Å²) in [7, 11) is 0. The van der Waals surface area contributed by atoms with Crippen LogP contribution in [0.4, 0.5) is 5.69 Å². The molecule has 0 aliphatic carbocycles. The molecule has 0 spiro atoms. The van der Waals surface area contributed by atoms with Gasteiger partial charge in [0.1, 0.15) is 4.32 Å². The van der Waals surface area contributed by atoms with Gasteiger partial charge in [0, 0.05) is 23.3 Å². The molecule has 0 heterocycles. The van der Waals surface area contributed by atoms with Crippen LogP contribution in [0.25, 0.3) is 0 Å². The van der Waals surface area contributed by atoms with Crippen LogP contribution in [0, 0.1) is 0 Å². The number of thiocarbonyl (C=S) groups is 1. The Hall–Kier alpha value is -1.37. The van der Waals surface area contributed by atoms with Crippen molar-refractivity contribution in [1.82, 2.24) is 4.90 Å². The van der Waals surface area contributed by atoms with Crippen LogP contribution in [0.1, 0.15) is 19.4 Å². The molecule has 0 saturated heterocycles. The Labute approximate surface area is 168 Å². The number of hydrogen-bond donors (Lipinski definition) is 1. The molecule has 0 aliphatic heterocycles. The maximum absolute atomic E-state index is 5.54. The van der Waals surface area contributed by atoms with E-state index in [0.717, 1.165) is 44.6 Å². The minimum absolute atomic E-state index is 0.725. The van der Waals surface area contributed by atoms with Gasteiger partial charge in [0.15, 0.2) is 0 Å². The van der Waals surface area contributed by atoms with Gasteiger partial charge in [-0.3, -0.25) is 5.43 Å². The number of nitrogens with zero attached hydrogens (tertiary/aromatic N) is 2. The normalized spacial score (nSPS) is 11.2. The van der Waals surface area contributed by atoms with Crippen molar-refractivity contribution in [2.45, 2.75) is 13.8 Å². The number of thioether (sulfide) groups is 1. The zero-order chi connectivity index (χ0) is 18.1. The largest absolute Gasteiger partial charge is 0.358 e. The number of hydrazone groups is 1.